The third-order valence-corrected chi connectivity index (χ3v) is 4.27. The van der Waals surface area contributed by atoms with Gasteiger partial charge < -0.3 is 10.5 Å². The van der Waals surface area contributed by atoms with E-state index in [2.05, 4.69) is 11.8 Å². The summed E-state index contributed by atoms with van der Waals surface area (Å²) in [5.74, 6) is 1.57. The molecule has 0 saturated carbocycles. The number of nitrogens with two attached hydrogens (primary N) is 1. The second-order valence-electron chi connectivity index (χ2n) is 5.50. The van der Waals surface area contributed by atoms with Gasteiger partial charge in [0.25, 0.3) is 0 Å². The molecule has 0 bridgehead atoms. The molecule has 0 aliphatic carbocycles. The molecule has 2 aliphatic rings. The lowest BCUT2D eigenvalue weighted by Gasteiger charge is -2.41. The van der Waals surface area contributed by atoms with Gasteiger partial charge in [-0.3, -0.25) is 4.90 Å². The van der Waals surface area contributed by atoms with Crippen molar-refractivity contribution in [2.24, 2.45) is 17.6 Å². The molecule has 0 spiro atoms. The first-order valence-electron chi connectivity index (χ1n) is 6.83. The average molecular weight is 226 g/mol. The van der Waals surface area contributed by atoms with E-state index in [1.165, 1.54) is 38.8 Å². The highest BCUT2D eigenvalue weighted by atomic mass is 16.5. The highest BCUT2D eigenvalue weighted by Crippen LogP contribution is 2.25. The summed E-state index contributed by atoms with van der Waals surface area (Å²) in [6.45, 7) is 7.50. The van der Waals surface area contributed by atoms with Crippen LogP contribution < -0.4 is 5.73 Å². The molecule has 0 amide bonds. The highest BCUT2D eigenvalue weighted by molar-refractivity contribution is 4.84. The molecule has 2 aliphatic heterocycles. The van der Waals surface area contributed by atoms with Gasteiger partial charge in [0.05, 0.1) is 6.61 Å². The Morgan fingerprint density at radius 2 is 2.06 bits per heavy atom. The molecule has 2 atom stereocenters. The van der Waals surface area contributed by atoms with Gasteiger partial charge in [-0.1, -0.05) is 6.92 Å². The van der Waals surface area contributed by atoms with Crippen molar-refractivity contribution < 1.29 is 4.74 Å². The smallest absolute Gasteiger partial charge is 0.0509 e. The van der Waals surface area contributed by atoms with Crippen LogP contribution in [0.2, 0.25) is 0 Å². The number of likely N-dealkylation sites (tertiary alicyclic amines) is 1. The maximum atomic E-state index is 5.97. The van der Waals surface area contributed by atoms with Crippen molar-refractivity contribution in [3.05, 3.63) is 0 Å². The Labute approximate surface area is 99.3 Å². The van der Waals surface area contributed by atoms with Crippen LogP contribution in [0.1, 0.15) is 32.6 Å². The molecule has 0 radical (unpaired) electrons. The van der Waals surface area contributed by atoms with E-state index in [-0.39, 0.29) is 0 Å². The van der Waals surface area contributed by atoms with Crippen LogP contribution in [0.5, 0.6) is 0 Å². The fourth-order valence-corrected chi connectivity index (χ4v) is 3.07. The highest BCUT2D eigenvalue weighted by Gasteiger charge is 2.30. The maximum Gasteiger partial charge on any atom is 0.0509 e. The molecule has 0 aromatic carbocycles. The molecule has 0 aromatic heterocycles. The fraction of sp³-hybridized carbons (Fsp3) is 1.00. The van der Waals surface area contributed by atoms with E-state index in [0.29, 0.717) is 12.0 Å². The predicted octanol–water partition coefficient (Wildman–Crippen LogP) is 1.47. The zero-order valence-corrected chi connectivity index (χ0v) is 10.5. The monoisotopic (exact) mass is 226 g/mol. The Bertz CT molecular complexity index is 196. The predicted molar refractivity (Wildman–Crippen MR) is 66.4 cm³/mol. The zero-order chi connectivity index (χ0) is 11.4. The van der Waals surface area contributed by atoms with Crippen molar-refractivity contribution in [3.63, 3.8) is 0 Å². The van der Waals surface area contributed by atoms with Crippen molar-refractivity contribution in [1.82, 2.24) is 4.90 Å². The zero-order valence-electron chi connectivity index (χ0n) is 10.5. The van der Waals surface area contributed by atoms with Crippen LogP contribution in [0.15, 0.2) is 0 Å². The molecule has 0 aromatic rings. The van der Waals surface area contributed by atoms with Crippen molar-refractivity contribution in [2.45, 2.75) is 38.6 Å². The van der Waals surface area contributed by atoms with E-state index >= 15 is 0 Å². The van der Waals surface area contributed by atoms with Crippen LogP contribution in [-0.2, 0) is 4.74 Å². The first-order valence-corrected chi connectivity index (χ1v) is 6.83. The average Bonchev–Trinajstić information content (AvgIpc) is 2.34. The first-order chi connectivity index (χ1) is 7.81. The van der Waals surface area contributed by atoms with Gasteiger partial charge >= 0.3 is 0 Å². The molecule has 2 rings (SSSR count). The normalized spacial score (nSPS) is 31.5. The Kier molecular flexibility index (Phi) is 4.62. The largest absolute Gasteiger partial charge is 0.381 e. The summed E-state index contributed by atoms with van der Waals surface area (Å²) >= 11 is 0. The Balaban J connectivity index is 1.88. The summed E-state index contributed by atoms with van der Waals surface area (Å²) in [6.07, 6.45) is 5.19. The third-order valence-electron chi connectivity index (χ3n) is 4.27. The van der Waals surface area contributed by atoms with E-state index in [1.807, 2.05) is 0 Å². The van der Waals surface area contributed by atoms with Crippen LogP contribution in [0, 0.1) is 11.8 Å². The Morgan fingerprint density at radius 1 is 1.31 bits per heavy atom. The summed E-state index contributed by atoms with van der Waals surface area (Å²) in [7, 11) is 0. The molecule has 3 heteroatoms. The third kappa shape index (κ3) is 2.96. The quantitative estimate of drug-likeness (QED) is 0.792. The second-order valence-corrected chi connectivity index (χ2v) is 5.50. The molecule has 2 heterocycles. The minimum Gasteiger partial charge on any atom is -0.381 e. The van der Waals surface area contributed by atoms with Gasteiger partial charge in [-0.25, -0.2) is 0 Å². The van der Waals surface area contributed by atoms with Crippen LogP contribution >= 0.6 is 0 Å². The van der Waals surface area contributed by atoms with Gasteiger partial charge in [0.15, 0.2) is 0 Å². The van der Waals surface area contributed by atoms with Crippen molar-refractivity contribution in [2.75, 3.05) is 32.8 Å². The standard InChI is InChI=1S/C13H26N2O/c1-11-4-6-15(7-5-11)13(9-14)12-3-2-8-16-10-12/h11-13H,2-10,14H2,1H3. The van der Waals surface area contributed by atoms with E-state index in [1.54, 1.807) is 0 Å². The Morgan fingerprint density at radius 3 is 2.62 bits per heavy atom. The van der Waals surface area contributed by atoms with Crippen LogP contribution in [0.25, 0.3) is 0 Å². The number of rotatable bonds is 3. The van der Waals surface area contributed by atoms with Gasteiger partial charge in [0.1, 0.15) is 0 Å². The van der Waals surface area contributed by atoms with E-state index in [4.69, 9.17) is 10.5 Å². The molecule has 94 valence electrons. The molecule has 2 fully saturated rings. The summed E-state index contributed by atoms with van der Waals surface area (Å²) in [4.78, 5) is 2.61. The summed E-state index contributed by atoms with van der Waals surface area (Å²) in [6, 6.07) is 0.563. The second kappa shape index (κ2) is 5.99. The van der Waals surface area contributed by atoms with Crippen molar-refractivity contribution in [3.8, 4) is 0 Å². The molecule has 16 heavy (non-hydrogen) atoms. The van der Waals surface area contributed by atoms with Gasteiger partial charge in [-0.15, -0.1) is 0 Å². The molecule has 2 unspecified atom stereocenters. The lowest BCUT2D eigenvalue weighted by Crippen LogP contribution is -2.50. The summed E-state index contributed by atoms with van der Waals surface area (Å²) in [5.41, 5.74) is 5.97. The number of hydrogen-bond donors (Lipinski definition) is 1. The molecular weight excluding hydrogens is 200 g/mol. The molecule has 2 N–H and O–H groups in total. The molecule has 2 saturated heterocycles. The number of piperidine rings is 1. The van der Waals surface area contributed by atoms with Crippen molar-refractivity contribution in [1.29, 1.82) is 0 Å². The van der Waals surface area contributed by atoms with Gasteiger partial charge in [0.2, 0.25) is 0 Å². The lowest BCUT2D eigenvalue weighted by atomic mass is 9.89. The lowest BCUT2D eigenvalue weighted by molar-refractivity contribution is 0.00308. The van der Waals surface area contributed by atoms with Gasteiger partial charge in [-0.2, -0.15) is 0 Å². The van der Waals surface area contributed by atoms with Gasteiger partial charge in [0, 0.05) is 19.2 Å². The number of hydrogen-bond acceptors (Lipinski definition) is 3. The summed E-state index contributed by atoms with van der Waals surface area (Å²) in [5, 5.41) is 0. The maximum absolute atomic E-state index is 5.97. The fourth-order valence-electron chi connectivity index (χ4n) is 3.07. The minimum atomic E-state index is 0.563. The van der Waals surface area contributed by atoms with Crippen LogP contribution in [0.4, 0.5) is 0 Å². The summed E-state index contributed by atoms with van der Waals surface area (Å²) < 4.78 is 5.59. The number of ether oxygens (including phenoxy) is 1. The van der Waals surface area contributed by atoms with E-state index in [0.717, 1.165) is 25.7 Å². The van der Waals surface area contributed by atoms with Crippen LogP contribution in [0.3, 0.4) is 0 Å². The van der Waals surface area contributed by atoms with Crippen molar-refractivity contribution >= 4 is 0 Å². The van der Waals surface area contributed by atoms with Gasteiger partial charge in [-0.05, 0) is 50.6 Å². The van der Waals surface area contributed by atoms with Crippen LogP contribution in [-0.4, -0.2) is 43.8 Å². The first kappa shape index (κ1) is 12.3. The topological polar surface area (TPSA) is 38.5 Å². The Hall–Kier alpha value is -0.120. The SMILES string of the molecule is CC1CCN(C(CN)C2CCCOC2)CC1. The van der Waals surface area contributed by atoms with E-state index < -0.39 is 0 Å². The van der Waals surface area contributed by atoms with E-state index in [9.17, 15) is 0 Å². The molecular formula is C13H26N2O. The number of nitrogens with zero attached hydrogens (tertiary/aromatic N) is 1. The molecule has 3 nitrogen and oxygen atoms in total. The minimum absolute atomic E-state index is 0.563.